The van der Waals surface area contributed by atoms with E-state index in [1.54, 1.807) is 31.2 Å². The Morgan fingerprint density at radius 2 is 1.40 bits per heavy atom. The van der Waals surface area contributed by atoms with Crippen LogP contribution in [0.5, 0.6) is 11.5 Å². The third-order valence-electron chi connectivity index (χ3n) is 6.18. The Morgan fingerprint density at radius 3 is 2.05 bits per heavy atom. The number of amides is 1. The van der Waals surface area contributed by atoms with Gasteiger partial charge in [0.25, 0.3) is 26.0 Å². The number of halogens is 1. The van der Waals surface area contributed by atoms with Crippen molar-refractivity contribution in [2.75, 3.05) is 29.0 Å². The van der Waals surface area contributed by atoms with Crippen LogP contribution in [-0.4, -0.2) is 37.0 Å². The predicted molar refractivity (Wildman–Crippen MR) is 163 cm³/mol. The second kappa shape index (κ2) is 12.3. The number of methoxy groups -OCH3 is 2. The number of anilines is 3. The van der Waals surface area contributed by atoms with E-state index in [0.717, 1.165) is 11.1 Å². The minimum atomic E-state index is -4.12. The Hall–Kier alpha value is -4.26. The van der Waals surface area contributed by atoms with Crippen LogP contribution in [0.4, 0.5) is 17.1 Å². The zero-order valence-electron chi connectivity index (χ0n) is 23.1. The number of aryl methyl sites for hydroxylation is 2. The first-order valence-corrected chi connectivity index (χ1v) is 15.7. The van der Waals surface area contributed by atoms with Crippen molar-refractivity contribution in [2.45, 2.75) is 23.6 Å². The summed E-state index contributed by atoms with van der Waals surface area (Å²) in [6.45, 7) is 3.67. The van der Waals surface area contributed by atoms with Crippen LogP contribution in [-0.2, 0) is 20.0 Å². The lowest BCUT2D eigenvalue weighted by atomic mass is 10.1. The lowest BCUT2D eigenvalue weighted by Crippen LogP contribution is -2.17. The molecule has 13 heteroatoms. The molecule has 0 aliphatic carbocycles. The fourth-order valence-corrected chi connectivity index (χ4v) is 6.71. The van der Waals surface area contributed by atoms with Crippen LogP contribution in [0.3, 0.4) is 0 Å². The molecule has 0 aliphatic heterocycles. The van der Waals surface area contributed by atoms with E-state index in [1.165, 1.54) is 62.8 Å². The normalized spacial score (nSPS) is 11.5. The zero-order valence-corrected chi connectivity index (χ0v) is 25.4. The van der Waals surface area contributed by atoms with Gasteiger partial charge in [-0.15, -0.1) is 0 Å². The molecule has 42 heavy (non-hydrogen) atoms. The molecule has 4 rings (SSSR count). The van der Waals surface area contributed by atoms with Gasteiger partial charge < -0.3 is 14.8 Å². The number of rotatable bonds is 10. The molecule has 3 N–H and O–H groups in total. The second-order valence-electron chi connectivity index (χ2n) is 9.22. The smallest absolute Gasteiger partial charge is 0.263 e. The van der Waals surface area contributed by atoms with Crippen LogP contribution in [0.1, 0.15) is 21.5 Å². The van der Waals surface area contributed by atoms with E-state index in [4.69, 9.17) is 21.1 Å². The number of hydrogen-bond acceptors (Lipinski definition) is 7. The minimum absolute atomic E-state index is 0.0327. The van der Waals surface area contributed by atoms with Crippen LogP contribution in [0.25, 0.3) is 0 Å². The summed E-state index contributed by atoms with van der Waals surface area (Å²) in [6.07, 6.45) is 0. The Bertz CT molecular complexity index is 1860. The van der Waals surface area contributed by atoms with E-state index in [-0.39, 0.29) is 37.5 Å². The molecule has 0 bridgehead atoms. The van der Waals surface area contributed by atoms with Crippen LogP contribution < -0.4 is 24.2 Å². The molecule has 10 nitrogen and oxygen atoms in total. The monoisotopic (exact) mass is 629 g/mol. The molecule has 0 saturated heterocycles. The van der Waals surface area contributed by atoms with Crippen LogP contribution in [0.15, 0.2) is 88.7 Å². The van der Waals surface area contributed by atoms with Crippen molar-refractivity contribution in [3.63, 3.8) is 0 Å². The average molecular weight is 630 g/mol. The first-order valence-electron chi connectivity index (χ1n) is 12.4. The molecule has 4 aromatic rings. The molecule has 4 aromatic carbocycles. The summed E-state index contributed by atoms with van der Waals surface area (Å²) in [4.78, 5) is 12.7. The van der Waals surface area contributed by atoms with Gasteiger partial charge in [0.15, 0.2) is 0 Å². The summed E-state index contributed by atoms with van der Waals surface area (Å²) in [6, 6.07) is 19.3. The molecule has 0 heterocycles. The largest absolute Gasteiger partial charge is 0.497 e. The van der Waals surface area contributed by atoms with E-state index < -0.39 is 26.0 Å². The Morgan fingerprint density at radius 1 is 0.738 bits per heavy atom. The van der Waals surface area contributed by atoms with E-state index in [9.17, 15) is 21.6 Å². The topological polar surface area (TPSA) is 140 Å². The molecule has 0 unspecified atom stereocenters. The number of nitrogens with one attached hydrogen (secondary N) is 3. The standard InChI is InChI=1S/C29H28ClN3O7S2/c1-18-5-13-25(19(2)15-18)32-42(37,38)28-16-20(6-12-24(28)30)29(34)31-21-7-10-23(11-8-21)41(35,36)33-26-14-9-22(39-3)17-27(26)40-4/h5-17,32-33H,1-4H3,(H,31,34). The summed E-state index contributed by atoms with van der Waals surface area (Å²) in [5.74, 6) is 0.152. The number of carbonyl (C=O) groups is 1. The molecule has 0 aliphatic rings. The molecule has 0 atom stereocenters. The molecule has 220 valence electrons. The highest BCUT2D eigenvalue weighted by atomic mass is 35.5. The molecule has 0 spiro atoms. The Kier molecular flexibility index (Phi) is 9.00. The number of hydrogen-bond donors (Lipinski definition) is 3. The number of sulfonamides is 2. The molecule has 0 saturated carbocycles. The molecule has 0 fully saturated rings. The van der Waals surface area contributed by atoms with Gasteiger partial charge in [-0.25, -0.2) is 16.8 Å². The van der Waals surface area contributed by atoms with Crippen molar-refractivity contribution in [3.05, 3.63) is 101 Å². The van der Waals surface area contributed by atoms with Gasteiger partial charge in [0.05, 0.1) is 35.5 Å². The zero-order chi connectivity index (χ0) is 30.7. The van der Waals surface area contributed by atoms with Crippen molar-refractivity contribution in [2.24, 2.45) is 0 Å². The SMILES string of the molecule is COc1ccc(NS(=O)(=O)c2ccc(NC(=O)c3ccc(Cl)c(S(=O)(=O)Nc4ccc(C)cc4C)c3)cc2)c(OC)c1. The molecule has 0 aromatic heterocycles. The van der Waals surface area contributed by atoms with Crippen LogP contribution >= 0.6 is 11.6 Å². The van der Waals surface area contributed by atoms with Gasteiger partial charge in [-0.05, 0) is 80.1 Å². The molecule has 1 amide bonds. The summed E-state index contributed by atoms with van der Waals surface area (Å²) >= 11 is 6.20. The lowest BCUT2D eigenvalue weighted by molar-refractivity contribution is 0.102. The van der Waals surface area contributed by atoms with Crippen molar-refractivity contribution >= 4 is 54.6 Å². The van der Waals surface area contributed by atoms with Crippen LogP contribution in [0, 0.1) is 13.8 Å². The Labute approximate surface area is 249 Å². The van der Waals surface area contributed by atoms with Crippen molar-refractivity contribution in [3.8, 4) is 11.5 Å². The Balaban J connectivity index is 1.50. The highest BCUT2D eigenvalue weighted by molar-refractivity contribution is 7.93. The van der Waals surface area contributed by atoms with E-state index >= 15 is 0 Å². The number of carbonyl (C=O) groups excluding carboxylic acids is 1. The van der Waals surface area contributed by atoms with Gasteiger partial charge >= 0.3 is 0 Å². The highest BCUT2D eigenvalue weighted by Gasteiger charge is 2.22. The summed E-state index contributed by atoms with van der Waals surface area (Å²) in [5.41, 5.74) is 2.63. The first-order chi connectivity index (χ1) is 19.8. The number of ether oxygens (including phenoxy) is 2. The van der Waals surface area contributed by atoms with Crippen molar-refractivity contribution < 1.29 is 31.1 Å². The second-order valence-corrected chi connectivity index (χ2v) is 13.0. The van der Waals surface area contributed by atoms with E-state index in [1.807, 2.05) is 13.0 Å². The summed E-state index contributed by atoms with van der Waals surface area (Å²) < 4.78 is 67.5. The molecular formula is C29H28ClN3O7S2. The lowest BCUT2D eigenvalue weighted by Gasteiger charge is -2.14. The third kappa shape index (κ3) is 6.96. The summed E-state index contributed by atoms with van der Waals surface area (Å²) in [7, 11) is -5.22. The molecular weight excluding hydrogens is 602 g/mol. The highest BCUT2D eigenvalue weighted by Crippen LogP contribution is 2.31. The summed E-state index contributed by atoms with van der Waals surface area (Å²) in [5, 5.41) is 2.58. The predicted octanol–water partition coefficient (Wildman–Crippen LogP) is 5.83. The maximum Gasteiger partial charge on any atom is 0.263 e. The van der Waals surface area contributed by atoms with Gasteiger partial charge in [0.1, 0.15) is 16.4 Å². The van der Waals surface area contributed by atoms with Gasteiger partial charge in [-0.3, -0.25) is 14.2 Å². The number of benzene rings is 4. The average Bonchev–Trinajstić information content (AvgIpc) is 2.95. The van der Waals surface area contributed by atoms with Crippen molar-refractivity contribution in [1.29, 1.82) is 0 Å². The third-order valence-corrected chi connectivity index (χ3v) is 9.41. The maximum atomic E-state index is 13.1. The molecule has 0 radical (unpaired) electrons. The maximum absolute atomic E-state index is 13.1. The minimum Gasteiger partial charge on any atom is -0.497 e. The fraction of sp³-hybridized carbons (Fsp3) is 0.138. The first kappa shape index (κ1) is 30.7. The van der Waals surface area contributed by atoms with E-state index in [0.29, 0.717) is 11.4 Å². The van der Waals surface area contributed by atoms with Gasteiger partial charge in [-0.1, -0.05) is 29.3 Å². The van der Waals surface area contributed by atoms with Gasteiger partial charge in [0, 0.05) is 17.3 Å². The van der Waals surface area contributed by atoms with Gasteiger partial charge in [-0.2, -0.15) is 0 Å². The van der Waals surface area contributed by atoms with Gasteiger partial charge in [0.2, 0.25) is 0 Å². The van der Waals surface area contributed by atoms with Crippen molar-refractivity contribution in [1.82, 2.24) is 0 Å². The van der Waals surface area contributed by atoms with E-state index in [2.05, 4.69) is 14.8 Å². The van der Waals surface area contributed by atoms with Crippen LogP contribution in [0.2, 0.25) is 5.02 Å². The fourth-order valence-electron chi connectivity index (χ4n) is 3.99. The quantitative estimate of drug-likeness (QED) is 0.201.